The fraction of sp³-hybridized carbons (Fsp3) is 0.750. The van der Waals surface area contributed by atoms with Crippen LogP contribution in [0.5, 0.6) is 0 Å². The summed E-state index contributed by atoms with van der Waals surface area (Å²) in [5, 5.41) is 0. The number of aliphatic imine (C=N–C) groups is 2. The van der Waals surface area contributed by atoms with E-state index in [9.17, 15) is 9.59 Å². The van der Waals surface area contributed by atoms with Gasteiger partial charge in [-0.05, 0) is 24.7 Å². The molecule has 2 atom stereocenters. The number of isocyanates is 2. The van der Waals surface area contributed by atoms with Crippen molar-refractivity contribution in [1.82, 2.24) is 0 Å². The molecule has 1 aliphatic rings. The molecule has 4 heteroatoms. The first kappa shape index (κ1) is 8.85. The van der Waals surface area contributed by atoms with Gasteiger partial charge in [-0.2, -0.15) is 0 Å². The molecule has 2 unspecified atom stereocenters. The van der Waals surface area contributed by atoms with Crippen LogP contribution in [0.3, 0.4) is 0 Å². The van der Waals surface area contributed by atoms with Crippen LogP contribution in [0, 0.1) is 11.8 Å². The molecule has 0 radical (unpaired) electrons. The zero-order valence-electron chi connectivity index (χ0n) is 6.69. The van der Waals surface area contributed by atoms with E-state index in [2.05, 4.69) is 9.98 Å². The minimum Gasteiger partial charge on any atom is -0.211 e. The molecule has 0 aromatic rings. The third-order valence-corrected chi connectivity index (χ3v) is 2.36. The zero-order valence-corrected chi connectivity index (χ0v) is 6.69. The number of nitrogens with zero attached hydrogens (tertiary/aromatic N) is 2. The highest BCUT2D eigenvalue weighted by Gasteiger charge is 2.29. The number of hydrogen-bond acceptors (Lipinski definition) is 4. The van der Waals surface area contributed by atoms with Gasteiger partial charge < -0.3 is 0 Å². The molecule has 1 aliphatic carbocycles. The van der Waals surface area contributed by atoms with Crippen LogP contribution in [0.2, 0.25) is 0 Å². The van der Waals surface area contributed by atoms with Crippen molar-refractivity contribution in [2.24, 2.45) is 21.8 Å². The molecule has 1 rings (SSSR count). The summed E-state index contributed by atoms with van der Waals surface area (Å²) in [4.78, 5) is 26.6. The van der Waals surface area contributed by atoms with Crippen LogP contribution in [0.25, 0.3) is 0 Å². The molecule has 0 aromatic carbocycles. The summed E-state index contributed by atoms with van der Waals surface area (Å²) in [7, 11) is 0. The Kier molecular flexibility index (Phi) is 3.39. The first-order valence-electron chi connectivity index (χ1n) is 3.95. The molecule has 12 heavy (non-hydrogen) atoms. The summed E-state index contributed by atoms with van der Waals surface area (Å²) < 4.78 is 0. The summed E-state index contributed by atoms with van der Waals surface area (Å²) in [6.45, 7) is 1.06. The normalized spacial score (nSPS) is 26.3. The molecule has 0 aliphatic heterocycles. The maximum Gasteiger partial charge on any atom is 0.234 e. The molecule has 0 saturated heterocycles. The van der Waals surface area contributed by atoms with Gasteiger partial charge in [-0.3, -0.25) is 0 Å². The summed E-state index contributed by atoms with van der Waals surface area (Å²) >= 11 is 0. The minimum atomic E-state index is 0.420. The van der Waals surface area contributed by atoms with Gasteiger partial charge in [0.1, 0.15) is 0 Å². The van der Waals surface area contributed by atoms with Crippen LogP contribution < -0.4 is 0 Å². The van der Waals surface area contributed by atoms with Gasteiger partial charge >= 0.3 is 0 Å². The third kappa shape index (κ3) is 2.12. The van der Waals surface area contributed by atoms with Gasteiger partial charge in [0.15, 0.2) is 0 Å². The Morgan fingerprint density at radius 2 is 1.42 bits per heavy atom. The predicted octanol–water partition coefficient (Wildman–Crippen LogP) is 0.684. The number of hydrogen-bond donors (Lipinski definition) is 0. The van der Waals surface area contributed by atoms with Crippen molar-refractivity contribution in [3.05, 3.63) is 0 Å². The largest absolute Gasteiger partial charge is 0.234 e. The van der Waals surface area contributed by atoms with Crippen molar-refractivity contribution in [1.29, 1.82) is 0 Å². The SMILES string of the molecule is O=C=NCC1CCC1CN=C=O. The molecule has 4 nitrogen and oxygen atoms in total. The smallest absolute Gasteiger partial charge is 0.211 e. The Morgan fingerprint density at radius 1 is 1.00 bits per heavy atom. The monoisotopic (exact) mass is 166 g/mol. The second kappa shape index (κ2) is 4.60. The van der Waals surface area contributed by atoms with Gasteiger partial charge in [0.25, 0.3) is 0 Å². The Labute approximate surface area is 70.4 Å². The maximum atomic E-state index is 9.79. The average molecular weight is 166 g/mol. The molecule has 0 bridgehead atoms. The number of carbonyl (C=O) groups excluding carboxylic acids is 2. The van der Waals surface area contributed by atoms with Gasteiger partial charge in [-0.25, -0.2) is 19.6 Å². The van der Waals surface area contributed by atoms with E-state index in [0.29, 0.717) is 24.9 Å². The summed E-state index contributed by atoms with van der Waals surface area (Å²) in [5.74, 6) is 0.840. The molecule has 64 valence electrons. The van der Waals surface area contributed by atoms with Crippen molar-refractivity contribution in [3.63, 3.8) is 0 Å². The summed E-state index contributed by atoms with van der Waals surface area (Å²) in [5.41, 5.74) is 0. The Morgan fingerprint density at radius 3 is 1.67 bits per heavy atom. The zero-order chi connectivity index (χ0) is 8.81. The van der Waals surface area contributed by atoms with Gasteiger partial charge in [-0.1, -0.05) is 0 Å². The predicted molar refractivity (Wildman–Crippen MR) is 42.2 cm³/mol. The molecule has 0 aromatic heterocycles. The van der Waals surface area contributed by atoms with Crippen LogP contribution in [0.4, 0.5) is 0 Å². The van der Waals surface area contributed by atoms with E-state index in [1.165, 1.54) is 12.2 Å². The van der Waals surface area contributed by atoms with E-state index in [1.807, 2.05) is 0 Å². The third-order valence-electron chi connectivity index (χ3n) is 2.36. The highest BCUT2D eigenvalue weighted by molar-refractivity contribution is 5.33. The highest BCUT2D eigenvalue weighted by Crippen LogP contribution is 2.34. The van der Waals surface area contributed by atoms with Crippen molar-refractivity contribution in [2.45, 2.75) is 12.8 Å². The molecule has 0 N–H and O–H groups in total. The standard InChI is InChI=1S/C8H10N2O2/c11-5-9-3-7-1-2-8(7)4-10-6-12/h7-8H,1-4H2. The molecule has 1 fully saturated rings. The Bertz CT molecular complexity index is 213. The fourth-order valence-electron chi connectivity index (χ4n) is 1.43. The molecular formula is C8H10N2O2. The van der Waals surface area contributed by atoms with E-state index in [-0.39, 0.29) is 0 Å². The van der Waals surface area contributed by atoms with E-state index in [0.717, 1.165) is 12.8 Å². The van der Waals surface area contributed by atoms with Crippen molar-refractivity contribution in [3.8, 4) is 0 Å². The van der Waals surface area contributed by atoms with E-state index in [1.54, 1.807) is 0 Å². The molecule has 0 amide bonds. The van der Waals surface area contributed by atoms with Crippen molar-refractivity contribution in [2.75, 3.05) is 13.1 Å². The Hall–Kier alpha value is -1.24. The van der Waals surface area contributed by atoms with Gasteiger partial charge in [0, 0.05) is 0 Å². The lowest BCUT2D eigenvalue weighted by Crippen LogP contribution is -2.30. The fourth-order valence-corrected chi connectivity index (χ4v) is 1.43. The van der Waals surface area contributed by atoms with Crippen molar-refractivity contribution < 1.29 is 9.59 Å². The van der Waals surface area contributed by atoms with Gasteiger partial charge in [-0.15, -0.1) is 0 Å². The van der Waals surface area contributed by atoms with Crippen LogP contribution in [-0.4, -0.2) is 25.2 Å². The van der Waals surface area contributed by atoms with Crippen molar-refractivity contribution >= 4 is 12.2 Å². The van der Waals surface area contributed by atoms with E-state index in [4.69, 9.17) is 0 Å². The van der Waals surface area contributed by atoms with Gasteiger partial charge in [0.2, 0.25) is 12.2 Å². The van der Waals surface area contributed by atoms with Gasteiger partial charge in [0.05, 0.1) is 13.1 Å². The first-order chi connectivity index (χ1) is 5.88. The lowest BCUT2D eigenvalue weighted by Gasteiger charge is -2.33. The second-order valence-electron chi connectivity index (χ2n) is 2.96. The molecule has 0 heterocycles. The van der Waals surface area contributed by atoms with Crippen LogP contribution in [0.1, 0.15) is 12.8 Å². The van der Waals surface area contributed by atoms with Crippen LogP contribution in [-0.2, 0) is 9.59 Å². The minimum absolute atomic E-state index is 0.420. The Balaban J connectivity index is 2.28. The topological polar surface area (TPSA) is 58.9 Å². The summed E-state index contributed by atoms with van der Waals surface area (Å²) in [6, 6.07) is 0. The molecular weight excluding hydrogens is 156 g/mol. The average Bonchev–Trinajstić information content (AvgIpc) is 2.04. The number of rotatable bonds is 4. The van der Waals surface area contributed by atoms with Crippen LogP contribution in [0.15, 0.2) is 9.98 Å². The molecule has 0 spiro atoms. The highest BCUT2D eigenvalue weighted by atomic mass is 16.1. The lowest BCUT2D eigenvalue weighted by molar-refractivity contribution is 0.193. The maximum absolute atomic E-state index is 9.79. The van der Waals surface area contributed by atoms with E-state index < -0.39 is 0 Å². The second-order valence-corrected chi connectivity index (χ2v) is 2.96. The van der Waals surface area contributed by atoms with E-state index >= 15 is 0 Å². The quantitative estimate of drug-likeness (QED) is 0.455. The van der Waals surface area contributed by atoms with Crippen LogP contribution >= 0.6 is 0 Å². The lowest BCUT2D eigenvalue weighted by atomic mass is 9.74. The molecule has 1 saturated carbocycles. The first-order valence-corrected chi connectivity index (χ1v) is 3.95. The summed E-state index contributed by atoms with van der Waals surface area (Å²) in [6.07, 6.45) is 5.17.